The number of ether oxygens (including phenoxy) is 1. The largest absolute Gasteiger partial charge is 0.433 e. The van der Waals surface area contributed by atoms with Crippen molar-refractivity contribution in [3.05, 3.63) is 53.6 Å². The first kappa shape index (κ1) is 17.1. The lowest BCUT2D eigenvalue weighted by molar-refractivity contribution is -0.0493. The van der Waals surface area contributed by atoms with Crippen LogP contribution in [0.5, 0.6) is 5.75 Å². The summed E-state index contributed by atoms with van der Waals surface area (Å²) in [4.78, 5) is -0.555. The SMILES string of the molecule is Cc1ccc(OC(F)F)c(NS(=O)(=O)c2ccc(F)c(F)c2)c1. The number of rotatable bonds is 5. The van der Waals surface area contributed by atoms with Gasteiger partial charge in [-0.15, -0.1) is 0 Å². The summed E-state index contributed by atoms with van der Waals surface area (Å²) in [5.74, 6) is -2.95. The second kappa shape index (κ2) is 6.45. The fourth-order valence-electron chi connectivity index (χ4n) is 1.77. The molecule has 124 valence electrons. The van der Waals surface area contributed by atoms with Crippen molar-refractivity contribution < 1.29 is 30.7 Å². The summed E-state index contributed by atoms with van der Waals surface area (Å²) in [6.07, 6.45) is 0. The Kier molecular flexibility index (Phi) is 4.79. The van der Waals surface area contributed by atoms with Gasteiger partial charge in [-0.05, 0) is 42.8 Å². The normalized spacial score (nSPS) is 11.6. The Labute approximate surface area is 129 Å². The molecule has 2 aromatic rings. The van der Waals surface area contributed by atoms with Crippen LogP contribution < -0.4 is 9.46 Å². The molecule has 0 aliphatic rings. The lowest BCUT2D eigenvalue weighted by atomic mass is 10.2. The molecule has 0 saturated carbocycles. The van der Waals surface area contributed by atoms with E-state index in [1.54, 1.807) is 6.92 Å². The average Bonchev–Trinajstić information content (AvgIpc) is 2.44. The minimum absolute atomic E-state index is 0.241. The highest BCUT2D eigenvalue weighted by molar-refractivity contribution is 7.92. The third kappa shape index (κ3) is 4.13. The van der Waals surface area contributed by atoms with Gasteiger partial charge in [-0.2, -0.15) is 8.78 Å². The van der Waals surface area contributed by atoms with E-state index in [2.05, 4.69) is 4.74 Å². The van der Waals surface area contributed by atoms with Crippen molar-refractivity contribution in [2.75, 3.05) is 4.72 Å². The second-order valence-electron chi connectivity index (χ2n) is 4.56. The molecule has 23 heavy (non-hydrogen) atoms. The van der Waals surface area contributed by atoms with E-state index >= 15 is 0 Å². The predicted octanol–water partition coefficient (Wildman–Crippen LogP) is 3.68. The van der Waals surface area contributed by atoms with Gasteiger partial charge in [-0.25, -0.2) is 17.2 Å². The maximum atomic E-state index is 13.2. The Morgan fingerprint density at radius 2 is 1.74 bits per heavy atom. The van der Waals surface area contributed by atoms with E-state index in [9.17, 15) is 26.0 Å². The summed E-state index contributed by atoms with van der Waals surface area (Å²) in [5.41, 5.74) is 0.338. The smallest absolute Gasteiger partial charge is 0.387 e. The quantitative estimate of drug-likeness (QED) is 0.838. The first-order valence-corrected chi connectivity index (χ1v) is 7.71. The number of anilines is 1. The molecule has 0 aliphatic heterocycles. The highest BCUT2D eigenvalue weighted by Gasteiger charge is 2.20. The number of halogens is 4. The number of sulfonamides is 1. The van der Waals surface area contributed by atoms with Crippen molar-refractivity contribution in [1.82, 2.24) is 0 Å². The summed E-state index contributed by atoms with van der Waals surface area (Å²) < 4.78 is 81.4. The van der Waals surface area contributed by atoms with Crippen molar-refractivity contribution >= 4 is 15.7 Å². The van der Waals surface area contributed by atoms with Gasteiger partial charge in [-0.3, -0.25) is 4.72 Å². The van der Waals surface area contributed by atoms with Crippen LogP contribution in [0.2, 0.25) is 0 Å². The van der Waals surface area contributed by atoms with Crippen LogP contribution in [-0.4, -0.2) is 15.0 Å². The lowest BCUT2D eigenvalue weighted by Gasteiger charge is -2.14. The number of nitrogens with one attached hydrogen (secondary N) is 1. The molecule has 0 radical (unpaired) electrons. The van der Waals surface area contributed by atoms with Gasteiger partial charge in [0.2, 0.25) is 0 Å². The van der Waals surface area contributed by atoms with E-state index in [-0.39, 0.29) is 5.69 Å². The van der Waals surface area contributed by atoms with Crippen molar-refractivity contribution in [3.8, 4) is 5.75 Å². The zero-order valence-electron chi connectivity index (χ0n) is 11.7. The van der Waals surface area contributed by atoms with Crippen molar-refractivity contribution in [3.63, 3.8) is 0 Å². The molecular formula is C14H11F4NO3S. The van der Waals surface area contributed by atoms with E-state index in [0.717, 1.165) is 6.07 Å². The molecule has 0 heterocycles. The maximum absolute atomic E-state index is 13.2. The van der Waals surface area contributed by atoms with Crippen molar-refractivity contribution in [2.45, 2.75) is 18.4 Å². The Morgan fingerprint density at radius 1 is 1.04 bits per heavy atom. The van der Waals surface area contributed by atoms with Crippen LogP contribution in [0.4, 0.5) is 23.2 Å². The van der Waals surface area contributed by atoms with Crippen molar-refractivity contribution in [1.29, 1.82) is 0 Å². The topological polar surface area (TPSA) is 55.4 Å². The number of hydrogen-bond donors (Lipinski definition) is 1. The van der Waals surface area contributed by atoms with Crippen LogP contribution >= 0.6 is 0 Å². The molecule has 2 aromatic carbocycles. The molecule has 0 saturated heterocycles. The van der Waals surface area contributed by atoms with E-state index in [1.807, 2.05) is 4.72 Å². The van der Waals surface area contributed by atoms with Gasteiger partial charge in [0.25, 0.3) is 10.0 Å². The summed E-state index contributed by atoms with van der Waals surface area (Å²) >= 11 is 0. The first-order chi connectivity index (χ1) is 10.7. The van der Waals surface area contributed by atoms with Gasteiger partial charge in [0.15, 0.2) is 11.6 Å². The lowest BCUT2D eigenvalue weighted by Crippen LogP contribution is -2.15. The molecule has 0 aromatic heterocycles. The Bertz CT molecular complexity index is 825. The molecule has 0 amide bonds. The molecule has 4 nitrogen and oxygen atoms in total. The minimum atomic E-state index is -4.31. The molecule has 9 heteroatoms. The molecule has 0 aliphatic carbocycles. The first-order valence-electron chi connectivity index (χ1n) is 6.22. The number of alkyl halides is 2. The number of hydrogen-bond acceptors (Lipinski definition) is 3. The summed E-state index contributed by atoms with van der Waals surface area (Å²) in [5, 5.41) is 0. The zero-order valence-corrected chi connectivity index (χ0v) is 12.5. The van der Waals surface area contributed by atoms with Crippen LogP contribution in [0.1, 0.15) is 5.56 Å². The fraction of sp³-hybridized carbons (Fsp3) is 0.143. The summed E-state index contributed by atoms with van der Waals surface area (Å²) in [6.45, 7) is -1.54. The second-order valence-corrected chi connectivity index (χ2v) is 6.24. The van der Waals surface area contributed by atoms with Gasteiger partial charge < -0.3 is 4.74 Å². The van der Waals surface area contributed by atoms with E-state index in [0.29, 0.717) is 17.7 Å². The molecule has 0 atom stereocenters. The zero-order chi connectivity index (χ0) is 17.2. The summed E-state index contributed by atoms with van der Waals surface area (Å²) in [7, 11) is -4.31. The van der Waals surface area contributed by atoms with Gasteiger partial charge in [0.05, 0.1) is 10.6 Å². The fourth-order valence-corrected chi connectivity index (χ4v) is 2.84. The van der Waals surface area contributed by atoms with Gasteiger partial charge in [0, 0.05) is 0 Å². The predicted molar refractivity (Wildman–Crippen MR) is 75.0 cm³/mol. The van der Waals surface area contributed by atoms with Gasteiger partial charge in [-0.1, -0.05) is 6.07 Å². The van der Waals surface area contributed by atoms with Crippen LogP contribution in [0.25, 0.3) is 0 Å². The molecule has 0 spiro atoms. The Balaban J connectivity index is 2.40. The third-order valence-electron chi connectivity index (χ3n) is 2.80. The van der Waals surface area contributed by atoms with E-state index < -0.39 is 38.9 Å². The van der Waals surface area contributed by atoms with Crippen LogP contribution in [0.15, 0.2) is 41.3 Å². The monoisotopic (exact) mass is 349 g/mol. The molecule has 0 unspecified atom stereocenters. The number of benzene rings is 2. The molecule has 1 N–H and O–H groups in total. The molecular weight excluding hydrogens is 338 g/mol. The Morgan fingerprint density at radius 3 is 2.35 bits per heavy atom. The molecule has 2 rings (SSSR count). The highest BCUT2D eigenvalue weighted by Crippen LogP contribution is 2.29. The van der Waals surface area contributed by atoms with E-state index in [4.69, 9.17) is 0 Å². The maximum Gasteiger partial charge on any atom is 0.387 e. The average molecular weight is 349 g/mol. The van der Waals surface area contributed by atoms with Crippen molar-refractivity contribution in [2.24, 2.45) is 0 Å². The van der Waals surface area contributed by atoms with Crippen LogP contribution in [0, 0.1) is 18.6 Å². The van der Waals surface area contributed by atoms with Crippen LogP contribution in [-0.2, 0) is 10.0 Å². The molecule has 0 fully saturated rings. The standard InChI is InChI=1S/C14H11F4NO3S/c1-8-2-5-13(22-14(17)18)12(6-8)19-23(20,21)9-3-4-10(15)11(16)7-9/h2-7,14,19H,1H3. The minimum Gasteiger partial charge on any atom is -0.433 e. The van der Waals surface area contributed by atoms with Gasteiger partial charge >= 0.3 is 6.61 Å². The van der Waals surface area contributed by atoms with E-state index in [1.165, 1.54) is 18.2 Å². The third-order valence-corrected chi connectivity index (χ3v) is 4.16. The molecule has 0 bridgehead atoms. The highest BCUT2D eigenvalue weighted by atomic mass is 32.2. The Hall–Kier alpha value is -2.29. The van der Waals surface area contributed by atoms with Gasteiger partial charge in [0.1, 0.15) is 5.75 Å². The summed E-state index contributed by atoms with van der Waals surface area (Å²) in [6, 6.07) is 5.88. The number of aryl methyl sites for hydroxylation is 1. The van der Waals surface area contributed by atoms with Crippen LogP contribution in [0.3, 0.4) is 0 Å².